The van der Waals surface area contributed by atoms with Crippen molar-refractivity contribution in [2.75, 3.05) is 5.75 Å². The summed E-state index contributed by atoms with van der Waals surface area (Å²) in [5, 5.41) is 30.8. The summed E-state index contributed by atoms with van der Waals surface area (Å²) in [6, 6.07) is 0. The van der Waals surface area contributed by atoms with Gasteiger partial charge < -0.3 is 15.3 Å². The van der Waals surface area contributed by atoms with Crippen LogP contribution in [0.3, 0.4) is 0 Å². The van der Waals surface area contributed by atoms with Gasteiger partial charge in [0.2, 0.25) is 0 Å². The number of hydrogen-bond donors (Lipinski definition) is 3. The zero-order chi connectivity index (χ0) is 20.7. The average molecular weight is 410 g/mol. The van der Waals surface area contributed by atoms with Crippen molar-refractivity contribution in [3.8, 4) is 0 Å². The fraction of sp³-hybridized carbons (Fsp3) is 0.727. The van der Waals surface area contributed by atoms with Crippen molar-refractivity contribution < 1.29 is 20.1 Å². The third-order valence-corrected chi connectivity index (χ3v) is 7.18. The molecule has 0 aromatic carbocycles. The summed E-state index contributed by atoms with van der Waals surface area (Å²) in [5.41, 5.74) is -0.442. The molecule has 158 valence electrons. The monoisotopic (exact) mass is 409 g/mol. The molecule has 6 heteroatoms. The van der Waals surface area contributed by atoms with Crippen molar-refractivity contribution in [3.63, 3.8) is 0 Å². The molecule has 1 aliphatic heterocycles. The molecule has 6 unspecified atom stereocenters. The minimum absolute atomic E-state index is 0.0492. The van der Waals surface area contributed by atoms with E-state index < -0.39 is 23.7 Å². The first-order valence-corrected chi connectivity index (χ1v) is 11.4. The summed E-state index contributed by atoms with van der Waals surface area (Å²) in [6.45, 7) is 8.19. The molecule has 0 aromatic rings. The molecular formula is C22H35NO4S. The lowest BCUT2D eigenvalue weighted by molar-refractivity contribution is -0.137. The Bertz CT molecular complexity index is 605. The summed E-state index contributed by atoms with van der Waals surface area (Å²) < 4.78 is 0. The second kappa shape index (κ2) is 10.6. The lowest BCUT2D eigenvalue weighted by Gasteiger charge is -2.24. The number of rotatable bonds is 11. The normalized spacial score (nSPS) is 31.6. The van der Waals surface area contributed by atoms with Crippen LogP contribution < -0.4 is 0 Å². The van der Waals surface area contributed by atoms with Crippen molar-refractivity contribution in [1.29, 1.82) is 0 Å². The number of carboxylic acids is 1. The first-order valence-electron chi connectivity index (χ1n) is 10.4. The Kier molecular flexibility index (Phi) is 8.78. The maximum Gasteiger partial charge on any atom is 0.303 e. The Morgan fingerprint density at radius 1 is 1.46 bits per heavy atom. The molecule has 5 nitrogen and oxygen atoms in total. The SMILES string of the molecule is C=CC12CC(O)C(C=CC(O)C(C)CCCC)C1CC(SCCCC(=O)O)=N2. The number of thioether (sulfide) groups is 1. The van der Waals surface area contributed by atoms with E-state index in [-0.39, 0.29) is 24.2 Å². The molecule has 2 rings (SSSR count). The van der Waals surface area contributed by atoms with Crippen LogP contribution in [0.2, 0.25) is 0 Å². The highest BCUT2D eigenvalue weighted by Gasteiger charge is 2.54. The van der Waals surface area contributed by atoms with Gasteiger partial charge in [-0.25, -0.2) is 0 Å². The van der Waals surface area contributed by atoms with Gasteiger partial charge >= 0.3 is 5.97 Å². The lowest BCUT2D eigenvalue weighted by Crippen LogP contribution is -2.26. The van der Waals surface area contributed by atoms with E-state index in [1.165, 1.54) is 0 Å². The van der Waals surface area contributed by atoms with Crippen LogP contribution in [0, 0.1) is 17.8 Å². The Balaban J connectivity index is 1.99. The molecule has 0 aromatic heterocycles. The highest BCUT2D eigenvalue weighted by atomic mass is 32.2. The summed E-state index contributed by atoms with van der Waals surface area (Å²) in [7, 11) is 0. The van der Waals surface area contributed by atoms with Gasteiger partial charge in [-0.05, 0) is 24.5 Å². The highest BCUT2D eigenvalue weighted by Crippen LogP contribution is 2.51. The molecule has 1 heterocycles. The minimum Gasteiger partial charge on any atom is -0.481 e. The molecule has 28 heavy (non-hydrogen) atoms. The van der Waals surface area contributed by atoms with Gasteiger partial charge in [0.05, 0.1) is 22.8 Å². The van der Waals surface area contributed by atoms with Crippen molar-refractivity contribution in [3.05, 3.63) is 24.8 Å². The Morgan fingerprint density at radius 3 is 2.86 bits per heavy atom. The number of fused-ring (bicyclic) bond motifs is 1. The van der Waals surface area contributed by atoms with Gasteiger partial charge in [0.25, 0.3) is 0 Å². The molecular weight excluding hydrogens is 374 g/mol. The van der Waals surface area contributed by atoms with E-state index in [9.17, 15) is 15.0 Å². The van der Waals surface area contributed by atoms with Crippen LogP contribution in [0.5, 0.6) is 0 Å². The largest absolute Gasteiger partial charge is 0.481 e. The number of aliphatic carboxylic acids is 1. The summed E-state index contributed by atoms with van der Waals surface area (Å²) in [5.74, 6) is 0.276. The van der Waals surface area contributed by atoms with Gasteiger partial charge in [-0.1, -0.05) is 44.9 Å². The fourth-order valence-electron chi connectivity index (χ4n) is 4.31. The average Bonchev–Trinajstić information content (AvgIpc) is 3.13. The van der Waals surface area contributed by atoms with E-state index in [0.717, 1.165) is 36.5 Å². The smallest absolute Gasteiger partial charge is 0.303 e. The number of unbranched alkanes of at least 4 members (excludes halogenated alkanes) is 1. The van der Waals surface area contributed by atoms with E-state index >= 15 is 0 Å². The molecule has 0 spiro atoms. The van der Waals surface area contributed by atoms with Crippen molar-refractivity contribution in [2.45, 2.75) is 76.5 Å². The summed E-state index contributed by atoms with van der Waals surface area (Å²) >= 11 is 1.62. The predicted octanol–water partition coefficient (Wildman–Crippen LogP) is 4.05. The molecule has 0 bridgehead atoms. The van der Waals surface area contributed by atoms with E-state index in [4.69, 9.17) is 10.1 Å². The lowest BCUT2D eigenvalue weighted by atomic mass is 9.83. The van der Waals surface area contributed by atoms with Crippen LogP contribution in [-0.2, 0) is 4.79 Å². The van der Waals surface area contributed by atoms with Crippen LogP contribution in [0.15, 0.2) is 29.8 Å². The van der Waals surface area contributed by atoms with Crippen LogP contribution in [0.25, 0.3) is 0 Å². The molecule has 0 amide bonds. The number of hydrogen-bond acceptors (Lipinski definition) is 5. The molecule has 1 aliphatic carbocycles. The van der Waals surface area contributed by atoms with Crippen molar-refractivity contribution in [2.24, 2.45) is 22.7 Å². The number of nitrogens with zero attached hydrogens (tertiary/aromatic N) is 1. The third-order valence-electron chi connectivity index (χ3n) is 6.10. The van der Waals surface area contributed by atoms with E-state index in [1.54, 1.807) is 11.8 Å². The number of aliphatic hydroxyl groups is 2. The second-order valence-electron chi connectivity index (χ2n) is 8.20. The quantitative estimate of drug-likeness (QED) is 0.354. The van der Waals surface area contributed by atoms with Crippen LogP contribution in [-0.4, -0.2) is 49.8 Å². The zero-order valence-corrected chi connectivity index (χ0v) is 17.9. The number of aliphatic hydroxyl groups excluding tert-OH is 2. The zero-order valence-electron chi connectivity index (χ0n) is 17.1. The van der Waals surface area contributed by atoms with Gasteiger partial charge in [-0.15, -0.1) is 18.3 Å². The predicted molar refractivity (Wildman–Crippen MR) is 116 cm³/mol. The van der Waals surface area contributed by atoms with Crippen LogP contribution in [0.4, 0.5) is 0 Å². The van der Waals surface area contributed by atoms with Crippen molar-refractivity contribution >= 4 is 22.8 Å². The number of aliphatic imine (C=N–C) groups is 1. The Labute approximate surface area is 173 Å². The fourth-order valence-corrected chi connectivity index (χ4v) is 5.36. The van der Waals surface area contributed by atoms with Gasteiger partial charge in [0.1, 0.15) is 0 Å². The maximum absolute atomic E-state index is 10.7. The molecule has 2 aliphatic rings. The second-order valence-corrected chi connectivity index (χ2v) is 9.37. The molecule has 3 N–H and O–H groups in total. The third kappa shape index (κ3) is 5.71. The van der Waals surface area contributed by atoms with Crippen LogP contribution >= 0.6 is 11.8 Å². The van der Waals surface area contributed by atoms with Gasteiger partial charge in [0, 0.05) is 31.1 Å². The summed E-state index contributed by atoms with van der Waals surface area (Å²) in [6.07, 6.45) is 10.1. The molecule has 1 fully saturated rings. The van der Waals surface area contributed by atoms with E-state index in [2.05, 4.69) is 20.4 Å². The number of carboxylic acid groups (broad SMARTS) is 1. The first-order chi connectivity index (χ1) is 13.3. The number of carbonyl (C=O) groups is 1. The van der Waals surface area contributed by atoms with Crippen LogP contribution in [0.1, 0.15) is 58.8 Å². The summed E-state index contributed by atoms with van der Waals surface area (Å²) in [4.78, 5) is 15.5. The van der Waals surface area contributed by atoms with Gasteiger partial charge in [-0.2, -0.15) is 0 Å². The molecule has 0 radical (unpaired) electrons. The Hall–Kier alpha value is -1.11. The van der Waals surface area contributed by atoms with Crippen molar-refractivity contribution in [1.82, 2.24) is 0 Å². The first kappa shape index (κ1) is 23.2. The van der Waals surface area contributed by atoms with Gasteiger partial charge in [-0.3, -0.25) is 9.79 Å². The molecule has 1 saturated carbocycles. The van der Waals surface area contributed by atoms with Gasteiger partial charge in [0.15, 0.2) is 0 Å². The van der Waals surface area contributed by atoms with E-state index in [1.807, 2.05) is 18.2 Å². The van der Waals surface area contributed by atoms with E-state index in [0.29, 0.717) is 12.8 Å². The maximum atomic E-state index is 10.7. The molecule has 0 saturated heterocycles. The minimum atomic E-state index is -0.770. The standard InChI is InChI=1S/C22H35NO4S/c1-4-6-8-15(3)18(24)11-10-16-17-13-20(28-12-7-9-21(26)27)23-22(17,5-2)14-19(16)25/h5,10-11,15-19,24-25H,2,4,6-9,12-14H2,1,3H3,(H,26,27). The topological polar surface area (TPSA) is 90.1 Å². The highest BCUT2D eigenvalue weighted by molar-refractivity contribution is 8.13. The Morgan fingerprint density at radius 2 is 2.21 bits per heavy atom. The molecule has 6 atom stereocenters.